The van der Waals surface area contributed by atoms with Crippen LogP contribution in [0, 0.1) is 0 Å². The molecule has 1 aliphatic rings. The number of ether oxygens (including phenoxy) is 1. The zero-order valence-corrected chi connectivity index (χ0v) is 17.5. The Kier molecular flexibility index (Phi) is 5.08. The molecule has 146 valence electrons. The number of hydrogen-bond donors (Lipinski definition) is 0. The second-order valence-corrected chi connectivity index (χ2v) is 8.07. The number of benzene rings is 3. The monoisotopic (exact) mass is 409 g/mol. The average Bonchev–Trinajstić information content (AvgIpc) is 2.84. The van der Waals surface area contributed by atoms with Crippen LogP contribution in [0.3, 0.4) is 0 Å². The topological polar surface area (TPSA) is 25.5 Å². The first-order chi connectivity index (χ1) is 14.8. The van der Waals surface area contributed by atoms with E-state index in [2.05, 4.69) is 83.5 Å². The van der Waals surface area contributed by atoms with Gasteiger partial charge < -0.3 is 4.74 Å². The molecule has 0 atom stereocenters. The first kappa shape index (κ1) is 18.6. The third-order valence-corrected chi connectivity index (χ3v) is 6.19. The highest BCUT2D eigenvalue weighted by Crippen LogP contribution is 2.31. The maximum absolute atomic E-state index is 5.29. The van der Waals surface area contributed by atoms with E-state index in [0.29, 0.717) is 0 Å². The molecule has 0 N–H and O–H groups in total. The Morgan fingerprint density at radius 3 is 2.07 bits per heavy atom. The van der Waals surface area contributed by atoms with Gasteiger partial charge in [-0.05, 0) is 64.0 Å². The van der Waals surface area contributed by atoms with Crippen molar-refractivity contribution in [2.45, 2.75) is 5.03 Å². The van der Waals surface area contributed by atoms with Gasteiger partial charge in [0, 0.05) is 28.4 Å². The molecule has 0 unspecified atom stereocenters. The number of thioether (sulfide) groups is 1. The van der Waals surface area contributed by atoms with Gasteiger partial charge in [0.2, 0.25) is 5.69 Å². The fraction of sp³-hybridized carbons (Fsp3) is 0.0769. The van der Waals surface area contributed by atoms with Gasteiger partial charge in [0.1, 0.15) is 11.5 Å². The number of rotatable bonds is 4. The lowest BCUT2D eigenvalue weighted by Gasteiger charge is -2.13. The van der Waals surface area contributed by atoms with Crippen LogP contribution in [-0.4, -0.2) is 18.6 Å². The molecule has 0 saturated carbocycles. The van der Waals surface area contributed by atoms with Crippen molar-refractivity contribution in [1.82, 2.24) is 0 Å². The molecule has 0 aliphatic carbocycles. The fourth-order valence-electron chi connectivity index (χ4n) is 3.60. The molecule has 0 fully saturated rings. The Morgan fingerprint density at radius 1 is 0.733 bits per heavy atom. The summed E-state index contributed by atoms with van der Waals surface area (Å²) >= 11 is 1.82. The highest BCUT2D eigenvalue weighted by molar-refractivity contribution is 7.99. The van der Waals surface area contributed by atoms with Gasteiger partial charge in [0.25, 0.3) is 5.03 Å². The van der Waals surface area contributed by atoms with Gasteiger partial charge in [0.15, 0.2) is 0 Å². The van der Waals surface area contributed by atoms with Crippen molar-refractivity contribution in [3.05, 3.63) is 103 Å². The van der Waals surface area contributed by atoms with Crippen molar-refractivity contribution in [2.24, 2.45) is 5.10 Å². The zero-order valence-electron chi connectivity index (χ0n) is 16.7. The van der Waals surface area contributed by atoms with Crippen molar-refractivity contribution >= 4 is 17.5 Å². The molecule has 2 heterocycles. The standard InChI is InChI=1S/C26H21N2OS/c1-29-23-14-12-20(13-15-23)24-18-30-26-17-22(19-8-4-2-5-9-19)16-25(28(26)27-24)21-10-6-3-7-11-21/h2-17H,18H2,1H3/q+1. The van der Waals surface area contributed by atoms with E-state index in [4.69, 9.17) is 9.84 Å². The van der Waals surface area contributed by atoms with E-state index in [1.54, 1.807) is 7.11 Å². The smallest absolute Gasteiger partial charge is 0.273 e. The van der Waals surface area contributed by atoms with Crippen LogP contribution < -0.4 is 9.41 Å². The number of methoxy groups -OCH3 is 1. The SMILES string of the molecule is COc1ccc(C2=N[n+]3c(cc(-c4ccccc4)cc3-c3ccccc3)SC2)cc1. The molecule has 0 radical (unpaired) electrons. The predicted octanol–water partition coefficient (Wildman–Crippen LogP) is 5.67. The quantitative estimate of drug-likeness (QED) is 0.406. The minimum absolute atomic E-state index is 0.832. The lowest BCUT2D eigenvalue weighted by atomic mass is 10.0. The van der Waals surface area contributed by atoms with Crippen molar-refractivity contribution < 1.29 is 9.41 Å². The van der Waals surface area contributed by atoms with Crippen molar-refractivity contribution in [1.29, 1.82) is 0 Å². The van der Waals surface area contributed by atoms with Crippen LogP contribution in [0.2, 0.25) is 0 Å². The van der Waals surface area contributed by atoms with Gasteiger partial charge >= 0.3 is 0 Å². The van der Waals surface area contributed by atoms with Crippen molar-refractivity contribution in [3.8, 4) is 28.1 Å². The minimum atomic E-state index is 0.832. The van der Waals surface area contributed by atoms with Crippen LogP contribution in [0.15, 0.2) is 107 Å². The van der Waals surface area contributed by atoms with Crippen LogP contribution >= 0.6 is 11.8 Å². The zero-order chi connectivity index (χ0) is 20.3. The number of hydrogen-bond acceptors (Lipinski definition) is 3. The van der Waals surface area contributed by atoms with Gasteiger partial charge in [-0.25, -0.2) is 0 Å². The van der Waals surface area contributed by atoms with Gasteiger partial charge in [-0.15, -0.1) is 0 Å². The van der Waals surface area contributed by atoms with Crippen LogP contribution in [0.5, 0.6) is 5.75 Å². The molecule has 30 heavy (non-hydrogen) atoms. The normalized spacial score (nSPS) is 12.8. The Bertz CT molecular complexity index is 1200. The highest BCUT2D eigenvalue weighted by Gasteiger charge is 2.27. The lowest BCUT2D eigenvalue weighted by molar-refractivity contribution is -0.705. The predicted molar refractivity (Wildman–Crippen MR) is 123 cm³/mol. The number of pyridine rings is 1. The first-order valence-electron chi connectivity index (χ1n) is 9.88. The second kappa shape index (κ2) is 8.17. The summed E-state index contributed by atoms with van der Waals surface area (Å²) in [6, 6.07) is 33.6. The molecule has 3 aromatic carbocycles. The van der Waals surface area contributed by atoms with E-state index >= 15 is 0 Å². The first-order valence-corrected chi connectivity index (χ1v) is 10.9. The molecular weight excluding hydrogens is 388 g/mol. The number of nitrogens with zero attached hydrogens (tertiary/aromatic N) is 2. The third-order valence-electron chi connectivity index (χ3n) is 5.19. The van der Waals surface area contributed by atoms with E-state index in [0.717, 1.165) is 39.1 Å². The average molecular weight is 410 g/mol. The lowest BCUT2D eigenvalue weighted by Crippen LogP contribution is -2.38. The number of aromatic nitrogens is 1. The Hall–Kier alpha value is -3.37. The van der Waals surface area contributed by atoms with Crippen LogP contribution in [-0.2, 0) is 0 Å². The molecule has 0 bridgehead atoms. The van der Waals surface area contributed by atoms with Crippen LogP contribution in [0.4, 0.5) is 0 Å². The molecule has 1 aromatic heterocycles. The van der Waals surface area contributed by atoms with Crippen molar-refractivity contribution in [2.75, 3.05) is 12.9 Å². The van der Waals surface area contributed by atoms with Crippen molar-refractivity contribution in [3.63, 3.8) is 0 Å². The molecule has 1 aliphatic heterocycles. The summed E-state index contributed by atoms with van der Waals surface area (Å²) in [5.74, 6) is 1.69. The van der Waals surface area contributed by atoms with Crippen LogP contribution in [0.1, 0.15) is 5.56 Å². The Balaban J connectivity index is 1.66. The Morgan fingerprint density at radius 2 is 1.40 bits per heavy atom. The summed E-state index contributed by atoms with van der Waals surface area (Å²) in [5, 5.41) is 6.20. The maximum Gasteiger partial charge on any atom is 0.273 e. The van der Waals surface area contributed by atoms with E-state index in [9.17, 15) is 0 Å². The summed E-state index contributed by atoms with van der Waals surface area (Å²) in [6.45, 7) is 0. The molecule has 5 rings (SSSR count). The van der Waals surface area contributed by atoms with E-state index < -0.39 is 0 Å². The highest BCUT2D eigenvalue weighted by atomic mass is 32.2. The van der Waals surface area contributed by atoms with Gasteiger partial charge in [-0.1, -0.05) is 48.5 Å². The van der Waals surface area contributed by atoms with E-state index in [1.807, 2.05) is 30.0 Å². The fourth-order valence-corrected chi connectivity index (χ4v) is 4.58. The summed E-state index contributed by atoms with van der Waals surface area (Å²) in [7, 11) is 1.69. The molecule has 3 nitrogen and oxygen atoms in total. The molecule has 4 aromatic rings. The van der Waals surface area contributed by atoms with Crippen LogP contribution in [0.25, 0.3) is 22.4 Å². The van der Waals surface area contributed by atoms with Gasteiger partial charge in [-0.3, -0.25) is 0 Å². The summed E-state index contributed by atoms with van der Waals surface area (Å²) < 4.78 is 7.37. The molecule has 0 saturated heterocycles. The molecule has 4 heteroatoms. The van der Waals surface area contributed by atoms with E-state index in [-0.39, 0.29) is 0 Å². The molecule has 0 amide bonds. The molecule has 0 spiro atoms. The second-order valence-electron chi connectivity index (χ2n) is 7.08. The summed E-state index contributed by atoms with van der Waals surface area (Å²) in [6.07, 6.45) is 0. The van der Waals surface area contributed by atoms with Gasteiger partial charge in [-0.2, -0.15) is 0 Å². The van der Waals surface area contributed by atoms with Gasteiger partial charge in [0.05, 0.1) is 12.9 Å². The molecular formula is C26H21N2OS+. The number of fused-ring (bicyclic) bond motifs is 1. The third kappa shape index (κ3) is 3.62. The maximum atomic E-state index is 5.29. The minimum Gasteiger partial charge on any atom is -0.497 e. The largest absolute Gasteiger partial charge is 0.497 e. The summed E-state index contributed by atoms with van der Waals surface area (Å²) in [5.41, 5.74) is 6.83. The van der Waals surface area contributed by atoms with E-state index in [1.165, 1.54) is 11.1 Å². The summed E-state index contributed by atoms with van der Waals surface area (Å²) in [4.78, 5) is 0. The Labute approximate surface area is 180 Å².